The Morgan fingerprint density at radius 3 is 2.60 bits per heavy atom. The van der Waals surface area contributed by atoms with Gasteiger partial charge in [0.2, 0.25) is 0 Å². The summed E-state index contributed by atoms with van der Waals surface area (Å²) in [5, 5.41) is 0. The molecule has 0 amide bonds. The van der Waals surface area contributed by atoms with Gasteiger partial charge in [0.15, 0.2) is 0 Å². The molecule has 0 saturated heterocycles. The maximum absolute atomic E-state index is 3.80. The van der Waals surface area contributed by atoms with E-state index in [2.05, 4.69) is 61.8 Å². The fourth-order valence-electron chi connectivity index (χ4n) is 2.48. The maximum atomic E-state index is 3.80. The molecule has 1 heteroatoms. The third-order valence-corrected chi connectivity index (χ3v) is 4.32. The van der Waals surface area contributed by atoms with Crippen LogP contribution in [0.5, 0.6) is 0 Å². The van der Waals surface area contributed by atoms with Gasteiger partial charge in [0.1, 0.15) is 0 Å². The Morgan fingerprint density at radius 2 is 2.00 bits per heavy atom. The molecule has 1 unspecified atom stereocenters. The van der Waals surface area contributed by atoms with Gasteiger partial charge >= 0.3 is 0 Å². The second-order valence-corrected chi connectivity index (χ2v) is 6.66. The van der Waals surface area contributed by atoms with Crippen molar-refractivity contribution >= 4 is 15.9 Å². The molecule has 0 fully saturated rings. The standard InChI is InChI=1S/C14H19Br/c1-9(2)10-5-6-12-11(7-10)13(15)8-14(12,3)4/h5-7,9,13H,8H2,1-4H3. The number of hydrogen-bond acceptors (Lipinski definition) is 0. The quantitative estimate of drug-likeness (QED) is 0.633. The summed E-state index contributed by atoms with van der Waals surface area (Å²) in [6.07, 6.45) is 1.21. The molecule has 1 aliphatic rings. The lowest BCUT2D eigenvalue weighted by Gasteiger charge is -2.19. The average Bonchev–Trinajstić information content (AvgIpc) is 2.37. The van der Waals surface area contributed by atoms with Crippen molar-refractivity contribution in [3.8, 4) is 0 Å². The molecule has 0 N–H and O–H groups in total. The highest BCUT2D eigenvalue weighted by molar-refractivity contribution is 9.09. The van der Waals surface area contributed by atoms with Crippen molar-refractivity contribution in [2.45, 2.75) is 50.3 Å². The highest BCUT2D eigenvalue weighted by Crippen LogP contribution is 2.49. The van der Waals surface area contributed by atoms with Crippen molar-refractivity contribution in [1.29, 1.82) is 0 Å². The van der Waals surface area contributed by atoms with Gasteiger partial charge < -0.3 is 0 Å². The molecule has 82 valence electrons. The van der Waals surface area contributed by atoms with Crippen LogP contribution in [0.3, 0.4) is 0 Å². The van der Waals surface area contributed by atoms with Gasteiger partial charge in [-0.3, -0.25) is 0 Å². The molecule has 0 saturated carbocycles. The van der Waals surface area contributed by atoms with Crippen molar-refractivity contribution in [2.75, 3.05) is 0 Å². The van der Waals surface area contributed by atoms with Gasteiger partial charge in [0, 0.05) is 4.83 Å². The topological polar surface area (TPSA) is 0 Å². The first-order chi connectivity index (χ1) is 6.92. The zero-order valence-corrected chi connectivity index (χ0v) is 11.6. The van der Waals surface area contributed by atoms with Crippen molar-refractivity contribution in [2.24, 2.45) is 0 Å². The summed E-state index contributed by atoms with van der Waals surface area (Å²) in [5.41, 5.74) is 4.81. The van der Waals surface area contributed by atoms with Crippen LogP contribution >= 0.6 is 15.9 Å². The van der Waals surface area contributed by atoms with Gasteiger partial charge in [0.25, 0.3) is 0 Å². The molecule has 0 spiro atoms. The predicted octanol–water partition coefficient (Wildman–Crippen LogP) is 4.93. The molecular formula is C14H19Br. The molecule has 0 aromatic heterocycles. The zero-order valence-electron chi connectivity index (χ0n) is 9.97. The van der Waals surface area contributed by atoms with Crippen molar-refractivity contribution in [1.82, 2.24) is 0 Å². The fraction of sp³-hybridized carbons (Fsp3) is 0.571. The third-order valence-electron chi connectivity index (χ3n) is 3.50. The first-order valence-electron chi connectivity index (χ1n) is 5.70. The number of rotatable bonds is 1. The van der Waals surface area contributed by atoms with E-state index >= 15 is 0 Å². The second-order valence-electron chi connectivity index (χ2n) is 5.56. The number of benzene rings is 1. The SMILES string of the molecule is CC(C)c1ccc2c(c1)C(Br)CC2(C)C. The summed E-state index contributed by atoms with van der Waals surface area (Å²) in [5.74, 6) is 0.624. The molecule has 1 aromatic rings. The van der Waals surface area contributed by atoms with E-state index in [-0.39, 0.29) is 0 Å². The lowest BCUT2D eigenvalue weighted by Crippen LogP contribution is -2.11. The first-order valence-corrected chi connectivity index (χ1v) is 6.62. The summed E-state index contributed by atoms with van der Waals surface area (Å²) in [4.78, 5) is 0.543. The van der Waals surface area contributed by atoms with Crippen LogP contribution in [0.25, 0.3) is 0 Å². The molecular weight excluding hydrogens is 248 g/mol. The van der Waals surface area contributed by atoms with Crippen LogP contribution in [0.2, 0.25) is 0 Å². The number of fused-ring (bicyclic) bond motifs is 1. The lowest BCUT2D eigenvalue weighted by atomic mass is 9.86. The first kappa shape index (κ1) is 11.2. The van der Waals surface area contributed by atoms with Crippen LogP contribution in [0.4, 0.5) is 0 Å². The van der Waals surface area contributed by atoms with Crippen molar-refractivity contribution < 1.29 is 0 Å². The fourth-order valence-corrected chi connectivity index (χ4v) is 3.67. The van der Waals surface area contributed by atoms with E-state index in [1.165, 1.54) is 23.1 Å². The largest absolute Gasteiger partial charge is 0.0838 e. The summed E-state index contributed by atoms with van der Waals surface area (Å²) >= 11 is 3.80. The van der Waals surface area contributed by atoms with Crippen LogP contribution in [0.15, 0.2) is 18.2 Å². The van der Waals surface area contributed by atoms with E-state index in [0.29, 0.717) is 16.2 Å². The minimum absolute atomic E-state index is 0.332. The minimum Gasteiger partial charge on any atom is -0.0838 e. The lowest BCUT2D eigenvalue weighted by molar-refractivity contribution is 0.521. The Labute approximate surface area is 101 Å². The average molecular weight is 267 g/mol. The molecule has 0 nitrogen and oxygen atoms in total. The smallest absolute Gasteiger partial charge is 0.0406 e. The molecule has 1 aromatic carbocycles. The van der Waals surface area contributed by atoms with Crippen LogP contribution < -0.4 is 0 Å². The summed E-state index contributed by atoms with van der Waals surface area (Å²) in [6, 6.07) is 7.00. The van der Waals surface area contributed by atoms with Crippen LogP contribution in [0.1, 0.15) is 61.6 Å². The van der Waals surface area contributed by atoms with Gasteiger partial charge in [-0.05, 0) is 34.4 Å². The molecule has 1 aliphatic carbocycles. The van der Waals surface area contributed by atoms with Crippen LogP contribution in [-0.4, -0.2) is 0 Å². The summed E-state index contributed by atoms with van der Waals surface area (Å²) < 4.78 is 0. The zero-order chi connectivity index (χ0) is 11.2. The van der Waals surface area contributed by atoms with Crippen molar-refractivity contribution in [3.05, 3.63) is 34.9 Å². The highest BCUT2D eigenvalue weighted by atomic mass is 79.9. The van der Waals surface area contributed by atoms with Gasteiger partial charge in [-0.1, -0.05) is 61.8 Å². The van der Waals surface area contributed by atoms with Gasteiger partial charge in [-0.15, -0.1) is 0 Å². The third kappa shape index (κ3) is 1.87. The molecule has 0 heterocycles. The molecule has 0 radical (unpaired) electrons. The van der Waals surface area contributed by atoms with Crippen molar-refractivity contribution in [3.63, 3.8) is 0 Å². The Morgan fingerprint density at radius 1 is 1.33 bits per heavy atom. The summed E-state index contributed by atoms with van der Waals surface area (Å²) in [6.45, 7) is 9.18. The Hall–Kier alpha value is -0.300. The Balaban J connectivity index is 2.51. The second kappa shape index (κ2) is 3.62. The highest BCUT2D eigenvalue weighted by Gasteiger charge is 2.35. The number of hydrogen-bond donors (Lipinski definition) is 0. The minimum atomic E-state index is 0.332. The van der Waals surface area contributed by atoms with Gasteiger partial charge in [0.05, 0.1) is 0 Å². The Bertz CT molecular complexity index is 377. The molecule has 0 bridgehead atoms. The van der Waals surface area contributed by atoms with Crippen LogP contribution in [-0.2, 0) is 5.41 Å². The monoisotopic (exact) mass is 266 g/mol. The van der Waals surface area contributed by atoms with E-state index in [1.807, 2.05) is 0 Å². The molecule has 2 rings (SSSR count). The normalized spacial score (nSPS) is 23.2. The van der Waals surface area contributed by atoms with Crippen LogP contribution in [0, 0.1) is 0 Å². The molecule has 15 heavy (non-hydrogen) atoms. The summed E-state index contributed by atoms with van der Waals surface area (Å²) in [7, 11) is 0. The number of halogens is 1. The van der Waals surface area contributed by atoms with Gasteiger partial charge in [-0.25, -0.2) is 0 Å². The number of alkyl halides is 1. The van der Waals surface area contributed by atoms with E-state index in [0.717, 1.165) is 0 Å². The molecule has 0 aliphatic heterocycles. The van der Waals surface area contributed by atoms with E-state index in [9.17, 15) is 0 Å². The maximum Gasteiger partial charge on any atom is 0.0406 e. The van der Waals surface area contributed by atoms with E-state index in [4.69, 9.17) is 0 Å². The predicted molar refractivity (Wildman–Crippen MR) is 69.8 cm³/mol. The van der Waals surface area contributed by atoms with Gasteiger partial charge in [-0.2, -0.15) is 0 Å². The van der Waals surface area contributed by atoms with E-state index in [1.54, 1.807) is 0 Å². The van der Waals surface area contributed by atoms with E-state index < -0.39 is 0 Å². The molecule has 1 atom stereocenters. The Kier molecular flexibility index (Phi) is 2.70.